The average molecular weight is 386 g/mol. The summed E-state index contributed by atoms with van der Waals surface area (Å²) in [5.41, 5.74) is 2.74. The fourth-order valence-corrected chi connectivity index (χ4v) is 3.64. The zero-order valence-electron chi connectivity index (χ0n) is 14.8. The van der Waals surface area contributed by atoms with Crippen molar-refractivity contribution in [1.82, 2.24) is 9.78 Å². The molecule has 0 spiro atoms. The quantitative estimate of drug-likeness (QED) is 0.515. The number of benzene rings is 2. The van der Waals surface area contributed by atoms with E-state index >= 15 is 0 Å². The van der Waals surface area contributed by atoms with E-state index in [1.165, 1.54) is 18.2 Å². The van der Waals surface area contributed by atoms with Gasteiger partial charge in [-0.25, -0.2) is 8.42 Å². The zero-order chi connectivity index (χ0) is 19.6. The molecule has 0 unspecified atom stereocenters. The van der Waals surface area contributed by atoms with E-state index in [9.17, 15) is 18.5 Å². The van der Waals surface area contributed by atoms with Gasteiger partial charge in [0.15, 0.2) is 9.84 Å². The molecule has 0 aliphatic rings. The molecule has 2 aromatic carbocycles. The number of nitrogens with zero attached hydrogens (tertiary/aromatic N) is 3. The van der Waals surface area contributed by atoms with Crippen LogP contribution in [0.1, 0.15) is 5.56 Å². The Hall–Kier alpha value is -3.20. The summed E-state index contributed by atoms with van der Waals surface area (Å²) in [7, 11) is -1.91. The van der Waals surface area contributed by atoms with Crippen LogP contribution in [0, 0.1) is 10.1 Å². The van der Waals surface area contributed by atoms with Gasteiger partial charge in [-0.15, -0.1) is 0 Å². The Balaban J connectivity index is 1.89. The minimum atomic E-state index is -3.73. The van der Waals surface area contributed by atoms with Crippen molar-refractivity contribution in [3.05, 3.63) is 70.4 Å². The molecule has 0 atom stereocenters. The maximum absolute atomic E-state index is 11.9. The molecule has 0 radical (unpaired) electrons. The molecule has 0 saturated carbocycles. The van der Waals surface area contributed by atoms with Crippen LogP contribution in [0.25, 0.3) is 11.3 Å². The van der Waals surface area contributed by atoms with Crippen LogP contribution in [0.15, 0.2) is 59.6 Å². The third-order valence-corrected chi connectivity index (χ3v) is 5.12. The Labute approximate surface area is 156 Å². The molecule has 0 amide bonds. The van der Waals surface area contributed by atoms with Crippen molar-refractivity contribution in [1.29, 1.82) is 0 Å². The number of aromatic nitrogens is 2. The fraction of sp³-hybridized carbons (Fsp3) is 0.167. The maximum Gasteiger partial charge on any atom is 0.288 e. The number of rotatable bonds is 6. The molecule has 1 aromatic heterocycles. The van der Waals surface area contributed by atoms with Crippen LogP contribution < -0.4 is 5.32 Å². The zero-order valence-corrected chi connectivity index (χ0v) is 15.6. The lowest BCUT2D eigenvalue weighted by atomic mass is 10.1. The van der Waals surface area contributed by atoms with Crippen molar-refractivity contribution in [2.75, 3.05) is 11.6 Å². The van der Waals surface area contributed by atoms with Crippen LogP contribution >= 0.6 is 0 Å². The molecule has 0 aliphatic carbocycles. The largest absolute Gasteiger partial charge is 0.381 e. The van der Waals surface area contributed by atoms with E-state index in [1.807, 2.05) is 43.6 Å². The molecule has 140 valence electrons. The van der Waals surface area contributed by atoms with Gasteiger partial charge < -0.3 is 5.32 Å². The van der Waals surface area contributed by atoms with Gasteiger partial charge in [0.2, 0.25) is 0 Å². The SMILES string of the molecule is Cn1cc(CNc2ccc([N+](=O)[O-])c(S(C)(=O)=O)c2)c(-c2ccccc2)n1. The Morgan fingerprint density at radius 2 is 1.89 bits per heavy atom. The van der Waals surface area contributed by atoms with E-state index in [-0.39, 0.29) is 4.90 Å². The van der Waals surface area contributed by atoms with Gasteiger partial charge in [-0.05, 0) is 12.1 Å². The second-order valence-corrected chi connectivity index (χ2v) is 8.09. The molecule has 27 heavy (non-hydrogen) atoms. The number of nitro benzene ring substituents is 1. The van der Waals surface area contributed by atoms with Gasteiger partial charge in [-0.1, -0.05) is 30.3 Å². The Bertz CT molecular complexity index is 1090. The summed E-state index contributed by atoms with van der Waals surface area (Å²) >= 11 is 0. The van der Waals surface area contributed by atoms with Crippen LogP contribution in [0.5, 0.6) is 0 Å². The monoisotopic (exact) mass is 386 g/mol. The molecule has 0 fully saturated rings. The highest BCUT2D eigenvalue weighted by Gasteiger charge is 2.22. The summed E-state index contributed by atoms with van der Waals surface area (Å²) in [6, 6.07) is 13.7. The molecule has 0 saturated heterocycles. The van der Waals surface area contributed by atoms with Crippen molar-refractivity contribution in [2.45, 2.75) is 11.4 Å². The van der Waals surface area contributed by atoms with Crippen molar-refractivity contribution in [3.63, 3.8) is 0 Å². The third kappa shape index (κ3) is 4.14. The number of sulfone groups is 1. The average Bonchev–Trinajstić information content (AvgIpc) is 3.00. The molecular formula is C18H18N4O4S. The first-order chi connectivity index (χ1) is 12.8. The van der Waals surface area contributed by atoms with Gasteiger partial charge in [0.25, 0.3) is 5.69 Å². The molecule has 8 nitrogen and oxygen atoms in total. The lowest BCUT2D eigenvalue weighted by Crippen LogP contribution is -2.05. The number of nitro groups is 1. The van der Waals surface area contributed by atoms with E-state index in [4.69, 9.17) is 0 Å². The normalized spacial score (nSPS) is 11.3. The minimum Gasteiger partial charge on any atom is -0.381 e. The summed E-state index contributed by atoms with van der Waals surface area (Å²) < 4.78 is 25.5. The molecule has 0 aliphatic heterocycles. The fourth-order valence-electron chi connectivity index (χ4n) is 2.78. The second kappa shape index (κ2) is 7.20. The van der Waals surface area contributed by atoms with E-state index in [2.05, 4.69) is 10.4 Å². The predicted octanol–water partition coefficient (Wildman–Crippen LogP) is 3.01. The highest BCUT2D eigenvalue weighted by molar-refractivity contribution is 7.90. The number of anilines is 1. The van der Waals surface area contributed by atoms with Gasteiger partial charge in [-0.2, -0.15) is 5.10 Å². The van der Waals surface area contributed by atoms with E-state index < -0.39 is 20.4 Å². The minimum absolute atomic E-state index is 0.313. The van der Waals surface area contributed by atoms with Crippen molar-refractivity contribution < 1.29 is 13.3 Å². The van der Waals surface area contributed by atoms with Crippen molar-refractivity contribution in [2.24, 2.45) is 7.05 Å². The molecule has 0 bridgehead atoms. The molecule has 3 aromatic rings. The third-order valence-electron chi connectivity index (χ3n) is 3.99. The first-order valence-corrected chi connectivity index (χ1v) is 9.95. The standard InChI is InChI=1S/C18H18N4O4S/c1-21-12-14(18(20-21)13-6-4-3-5-7-13)11-19-15-8-9-16(22(23)24)17(10-15)27(2,25)26/h3-10,12,19H,11H2,1-2H3. The smallest absolute Gasteiger partial charge is 0.288 e. The van der Waals surface area contributed by atoms with Gasteiger partial charge >= 0.3 is 0 Å². The summed E-state index contributed by atoms with van der Waals surface area (Å²) in [5, 5.41) is 18.7. The lowest BCUT2D eigenvalue weighted by molar-refractivity contribution is -0.387. The van der Waals surface area contributed by atoms with Crippen LogP contribution in [0.4, 0.5) is 11.4 Å². The Kier molecular flexibility index (Phi) is 4.95. The number of hydrogen-bond acceptors (Lipinski definition) is 6. The summed E-state index contributed by atoms with van der Waals surface area (Å²) in [4.78, 5) is 10.1. The Morgan fingerprint density at radius 1 is 1.19 bits per heavy atom. The molecule has 1 heterocycles. The van der Waals surface area contributed by atoms with Crippen molar-refractivity contribution >= 4 is 21.2 Å². The summed E-state index contributed by atoms with van der Waals surface area (Å²) in [6.07, 6.45) is 2.83. The summed E-state index contributed by atoms with van der Waals surface area (Å²) in [5.74, 6) is 0. The number of aryl methyl sites for hydroxylation is 1. The number of hydrogen-bond donors (Lipinski definition) is 1. The van der Waals surface area contributed by atoms with E-state index in [0.717, 1.165) is 23.1 Å². The molecule has 3 rings (SSSR count). The van der Waals surface area contributed by atoms with Gasteiger partial charge in [0.1, 0.15) is 4.90 Å². The summed E-state index contributed by atoms with van der Waals surface area (Å²) in [6.45, 7) is 0.388. The topological polar surface area (TPSA) is 107 Å². The lowest BCUT2D eigenvalue weighted by Gasteiger charge is -2.09. The van der Waals surface area contributed by atoms with Crippen LogP contribution in [0.3, 0.4) is 0 Å². The van der Waals surface area contributed by atoms with E-state index in [0.29, 0.717) is 12.2 Å². The predicted molar refractivity (Wildman–Crippen MR) is 102 cm³/mol. The van der Waals surface area contributed by atoms with Gasteiger partial charge in [0, 0.05) is 48.9 Å². The highest BCUT2D eigenvalue weighted by atomic mass is 32.2. The second-order valence-electron chi connectivity index (χ2n) is 6.11. The first-order valence-electron chi connectivity index (χ1n) is 8.06. The first kappa shape index (κ1) is 18.6. The van der Waals surface area contributed by atoms with Crippen molar-refractivity contribution in [3.8, 4) is 11.3 Å². The van der Waals surface area contributed by atoms with E-state index in [1.54, 1.807) is 4.68 Å². The van der Waals surface area contributed by atoms with Crippen LogP contribution in [0.2, 0.25) is 0 Å². The van der Waals surface area contributed by atoms with Gasteiger partial charge in [0.05, 0.1) is 10.6 Å². The van der Waals surface area contributed by atoms with Gasteiger partial charge in [-0.3, -0.25) is 14.8 Å². The molecule has 1 N–H and O–H groups in total. The highest BCUT2D eigenvalue weighted by Crippen LogP contribution is 2.28. The van der Waals surface area contributed by atoms with Crippen LogP contribution in [-0.4, -0.2) is 29.4 Å². The molecular weight excluding hydrogens is 368 g/mol. The Morgan fingerprint density at radius 3 is 2.52 bits per heavy atom. The number of nitrogens with one attached hydrogen (secondary N) is 1. The molecule has 9 heteroatoms. The maximum atomic E-state index is 11.9. The van der Waals surface area contributed by atoms with Crippen LogP contribution in [-0.2, 0) is 23.4 Å².